The molecule has 11 rings (SSSR count). The van der Waals surface area contributed by atoms with Crippen LogP contribution in [0.1, 0.15) is 85.1 Å². The molecule has 0 bridgehead atoms. The molecular weight excluding hydrogens is 1080 g/mol. The average molecular weight is 1140 g/mol. The second kappa shape index (κ2) is 19.7. The summed E-state index contributed by atoms with van der Waals surface area (Å²) in [7, 11) is 4.56. The summed E-state index contributed by atoms with van der Waals surface area (Å²) >= 11 is 0. The van der Waals surface area contributed by atoms with Gasteiger partial charge in [0.1, 0.15) is 34.3 Å². The van der Waals surface area contributed by atoms with Crippen molar-refractivity contribution >= 4 is 50.6 Å². The number of rotatable bonds is 7. The molecular formula is C63H60IrN8O+. The summed E-state index contributed by atoms with van der Waals surface area (Å²) in [5.74, 6) is 3.62. The van der Waals surface area contributed by atoms with Crippen LogP contribution in [0, 0.1) is 20.0 Å². The zero-order chi connectivity index (χ0) is 50.5. The van der Waals surface area contributed by atoms with E-state index in [0.717, 1.165) is 84.2 Å². The van der Waals surface area contributed by atoms with Crippen LogP contribution in [0.25, 0.3) is 66.9 Å². The summed E-state index contributed by atoms with van der Waals surface area (Å²) in [5.41, 5.74) is 11.7. The second-order valence-electron chi connectivity index (χ2n) is 21.3. The molecule has 0 saturated heterocycles. The van der Waals surface area contributed by atoms with E-state index in [2.05, 4.69) is 184 Å². The minimum absolute atomic E-state index is 0. The molecule has 0 aliphatic heterocycles. The van der Waals surface area contributed by atoms with Gasteiger partial charge in [0.25, 0.3) is 0 Å². The van der Waals surface area contributed by atoms with Gasteiger partial charge in [-0.1, -0.05) is 165 Å². The van der Waals surface area contributed by atoms with Crippen LogP contribution in [0.2, 0.25) is 0 Å². The van der Waals surface area contributed by atoms with Gasteiger partial charge in [0.05, 0.1) is 11.1 Å². The molecule has 4 aromatic heterocycles. The summed E-state index contributed by atoms with van der Waals surface area (Å²) in [6.07, 6.45) is 3.73. The van der Waals surface area contributed by atoms with Gasteiger partial charge in [-0.3, -0.25) is 14.0 Å². The third-order valence-corrected chi connectivity index (χ3v) is 12.9. The molecule has 0 saturated carbocycles. The monoisotopic (exact) mass is 1140 g/mol. The maximum atomic E-state index is 6.54. The number of furan rings is 1. The second-order valence-corrected chi connectivity index (χ2v) is 21.3. The number of imidazole rings is 2. The van der Waals surface area contributed by atoms with Crippen LogP contribution in [-0.4, -0.2) is 29.1 Å². The quantitative estimate of drug-likeness (QED) is 0.117. The molecule has 0 N–H and O–H groups in total. The van der Waals surface area contributed by atoms with Crippen LogP contribution in [0.5, 0.6) is 0 Å². The van der Waals surface area contributed by atoms with E-state index >= 15 is 0 Å². The number of nitrogens with zero attached hydrogens (tertiary/aromatic N) is 8. The number of fused-ring (bicyclic) bond motifs is 4. The number of benzene rings is 7. The van der Waals surface area contributed by atoms with Gasteiger partial charge < -0.3 is 8.98 Å². The molecule has 0 radical (unpaired) electrons. The first-order chi connectivity index (χ1) is 34.5. The summed E-state index contributed by atoms with van der Waals surface area (Å²) in [6, 6.07) is 59.5. The zero-order valence-electron chi connectivity index (χ0n) is 43.0. The molecule has 0 aliphatic rings. The van der Waals surface area contributed by atoms with Gasteiger partial charge >= 0.3 is 20.1 Å². The first-order valence-corrected chi connectivity index (χ1v) is 24.4. The Morgan fingerprint density at radius 3 is 1.96 bits per heavy atom. The van der Waals surface area contributed by atoms with Crippen LogP contribution in [-0.2, 0) is 36.4 Å². The Hall–Kier alpha value is -7.78. The molecule has 0 aliphatic carbocycles. The maximum absolute atomic E-state index is 6.54. The molecule has 0 fully saturated rings. The van der Waals surface area contributed by atoms with Crippen molar-refractivity contribution in [2.45, 2.75) is 78.6 Å². The molecule has 0 unspecified atom stereocenters. The summed E-state index contributed by atoms with van der Waals surface area (Å²) in [5, 5.41) is 2.16. The predicted molar refractivity (Wildman–Crippen MR) is 293 cm³/mol. The van der Waals surface area contributed by atoms with Gasteiger partial charge in [-0.2, -0.15) is 52.8 Å². The molecule has 0 spiro atoms. The summed E-state index contributed by atoms with van der Waals surface area (Å²) < 4.78 is 12.9. The predicted octanol–water partition coefficient (Wildman–Crippen LogP) is 15.2. The van der Waals surface area contributed by atoms with Crippen molar-refractivity contribution in [3.8, 4) is 33.9 Å². The SMILES string of the molecule is CC(C)(C)c1nc(N(c2[c-]cccc2)c2nccn2-c2ccccc2)nc(C(C)(C)C)n1.[CH2-]c1ccc2c(oc3ccccc32)c1-c1n(-c2ccc(C(C)(C)C)cc2-c2ccccc2)c2ccccc2[n+]1[CH2-].[Ir+3]. The van der Waals surface area contributed by atoms with E-state index in [9.17, 15) is 0 Å². The number of hydrogen-bond acceptors (Lipinski definition) is 6. The van der Waals surface area contributed by atoms with E-state index in [4.69, 9.17) is 24.4 Å². The van der Waals surface area contributed by atoms with Gasteiger partial charge in [-0.05, 0) is 60.0 Å². The van der Waals surface area contributed by atoms with Crippen LogP contribution < -0.4 is 9.47 Å². The topological polar surface area (TPSA) is 81.7 Å². The molecule has 10 heteroatoms. The molecule has 4 heterocycles. The van der Waals surface area contributed by atoms with E-state index in [0.29, 0.717) is 11.9 Å². The summed E-state index contributed by atoms with van der Waals surface area (Å²) in [4.78, 5) is 21.3. The first-order valence-electron chi connectivity index (χ1n) is 24.4. The Labute approximate surface area is 442 Å². The normalized spacial score (nSPS) is 11.9. The van der Waals surface area contributed by atoms with Crippen molar-refractivity contribution in [2.24, 2.45) is 0 Å². The van der Waals surface area contributed by atoms with Crippen molar-refractivity contribution in [1.29, 1.82) is 0 Å². The fourth-order valence-electron chi connectivity index (χ4n) is 9.06. The van der Waals surface area contributed by atoms with Gasteiger partial charge in [0.15, 0.2) is 0 Å². The van der Waals surface area contributed by atoms with E-state index in [1.165, 1.54) is 11.1 Å². The van der Waals surface area contributed by atoms with Crippen LogP contribution in [0.15, 0.2) is 181 Å². The molecule has 73 heavy (non-hydrogen) atoms. The first kappa shape index (κ1) is 50.2. The van der Waals surface area contributed by atoms with E-state index in [1.54, 1.807) is 6.20 Å². The maximum Gasteiger partial charge on any atom is 3.00 e. The van der Waals surface area contributed by atoms with Gasteiger partial charge in [-0.15, -0.1) is 12.1 Å². The van der Waals surface area contributed by atoms with Gasteiger partial charge in [-0.25, -0.2) is 9.97 Å². The van der Waals surface area contributed by atoms with Gasteiger partial charge in [0.2, 0.25) is 11.9 Å². The zero-order valence-corrected chi connectivity index (χ0v) is 45.4. The average Bonchev–Trinajstić information content (AvgIpc) is 4.08. The Balaban J connectivity index is 0.000000182. The fraction of sp³-hybridized carbons (Fsp3) is 0.190. The molecule has 9 nitrogen and oxygen atoms in total. The standard InChI is InChI=1S/C37H31N2O.C26H29N6.Ir/c1-24-19-21-28-27-15-9-12-18-33(27)40-35(28)34(24)36-38(5)31-16-10-11-17-32(31)39(36)30-22-20-26(37(2,3)4)23-29(30)25-13-7-6-8-14-25;1-25(2,3)21-28-22(26(4,5)6)30-23(29-21)32(20-15-11-8-12-16-20)24-27-17-18-31(24)19-13-9-7-10-14-19;/h6-23H,1,5H2,2-4H3;7-15,17-18H,1-6H3;/q2*-1;+3. The third-order valence-electron chi connectivity index (χ3n) is 12.9. The van der Waals surface area contributed by atoms with Crippen LogP contribution >= 0.6 is 0 Å². The van der Waals surface area contributed by atoms with Crippen LogP contribution in [0.4, 0.5) is 17.6 Å². The molecule has 0 atom stereocenters. The largest absolute Gasteiger partial charge is 3.00 e. The van der Waals surface area contributed by atoms with Crippen molar-refractivity contribution in [1.82, 2.24) is 29.1 Å². The van der Waals surface area contributed by atoms with Crippen molar-refractivity contribution in [3.05, 3.63) is 219 Å². The fourth-order valence-corrected chi connectivity index (χ4v) is 9.06. The molecule has 366 valence electrons. The van der Waals surface area contributed by atoms with Gasteiger partial charge in [0, 0.05) is 45.2 Å². The molecule has 11 aromatic rings. The number of aromatic nitrogens is 7. The number of hydrogen-bond donors (Lipinski definition) is 0. The van der Waals surface area contributed by atoms with Crippen molar-refractivity contribution in [3.63, 3.8) is 0 Å². The molecule has 7 aromatic carbocycles. The van der Waals surface area contributed by atoms with E-state index in [1.807, 2.05) is 87.0 Å². The van der Waals surface area contributed by atoms with E-state index < -0.39 is 0 Å². The van der Waals surface area contributed by atoms with Crippen molar-refractivity contribution < 1.29 is 29.1 Å². The Bertz CT molecular complexity index is 3690. The van der Waals surface area contributed by atoms with Crippen LogP contribution in [0.3, 0.4) is 0 Å². The Morgan fingerprint density at radius 2 is 1.29 bits per heavy atom. The number of anilines is 3. The summed E-state index contributed by atoms with van der Waals surface area (Å²) in [6.45, 7) is 23.9. The molecule has 0 amide bonds. The Morgan fingerprint density at radius 1 is 0.644 bits per heavy atom. The minimum Gasteiger partial charge on any atom is -0.469 e. The van der Waals surface area contributed by atoms with E-state index in [-0.39, 0.29) is 36.4 Å². The smallest absolute Gasteiger partial charge is 0.469 e. The van der Waals surface area contributed by atoms with Crippen molar-refractivity contribution in [2.75, 3.05) is 4.90 Å². The Kier molecular flexibility index (Phi) is 13.5. The minimum atomic E-state index is -0.237. The number of para-hydroxylation sites is 5. The third kappa shape index (κ3) is 9.68.